The number of hydrogen-bond acceptors (Lipinski definition) is 7. The molecule has 0 fully saturated rings. The van der Waals surface area contributed by atoms with Crippen molar-refractivity contribution in [3.63, 3.8) is 0 Å². The number of anilines is 18. The first-order valence-corrected chi connectivity index (χ1v) is 31.9. The number of rotatable bonds is 12. The van der Waals surface area contributed by atoms with Crippen molar-refractivity contribution in [1.29, 1.82) is 0 Å². The van der Waals surface area contributed by atoms with E-state index in [4.69, 9.17) is 4.74 Å². The molecule has 0 atom stereocenters. The van der Waals surface area contributed by atoms with Crippen LogP contribution in [0.3, 0.4) is 0 Å². The molecule has 7 nitrogen and oxygen atoms in total. The van der Waals surface area contributed by atoms with Crippen LogP contribution in [0.4, 0.5) is 102 Å². The zero-order chi connectivity index (χ0) is 61.3. The second kappa shape index (κ2) is 22.4. The maximum atomic E-state index is 7.83. The van der Waals surface area contributed by atoms with Crippen LogP contribution in [-0.4, -0.2) is 13.4 Å². The Hall–Kier alpha value is -12.2. The van der Waals surface area contributed by atoms with E-state index in [-0.39, 0.29) is 13.4 Å². The van der Waals surface area contributed by atoms with E-state index in [0.717, 1.165) is 125 Å². The van der Waals surface area contributed by atoms with Gasteiger partial charge in [-0.2, -0.15) is 0 Å². The van der Waals surface area contributed by atoms with Crippen molar-refractivity contribution >= 4 is 149 Å². The molecule has 9 heteroatoms. The summed E-state index contributed by atoms with van der Waals surface area (Å²) in [6.45, 7) is -0.447. The zero-order valence-electron chi connectivity index (χ0n) is 50.7. The van der Waals surface area contributed by atoms with Gasteiger partial charge in [0.05, 0.1) is 11.4 Å². The third-order valence-corrected chi connectivity index (χ3v) is 18.7. The minimum Gasteiger partial charge on any atom is -0.458 e. The lowest BCUT2D eigenvalue weighted by atomic mass is 9.30. The van der Waals surface area contributed by atoms with Crippen LogP contribution in [0, 0.1) is 0 Å². The Labute approximate surface area is 542 Å². The molecule has 0 bridgehead atoms. The van der Waals surface area contributed by atoms with Gasteiger partial charge < -0.3 is 34.1 Å². The fourth-order valence-corrected chi connectivity index (χ4v) is 14.9. The number of ether oxygens (including phenoxy) is 1. The molecule has 0 saturated heterocycles. The van der Waals surface area contributed by atoms with Gasteiger partial charge in [0.15, 0.2) is 0 Å². The van der Waals surface area contributed by atoms with Crippen molar-refractivity contribution in [3.8, 4) is 11.5 Å². The van der Waals surface area contributed by atoms with Gasteiger partial charge in [-0.15, -0.1) is 0 Å². The third-order valence-electron chi connectivity index (χ3n) is 18.7. The van der Waals surface area contributed by atoms with Gasteiger partial charge in [0, 0.05) is 103 Å². The van der Waals surface area contributed by atoms with Crippen molar-refractivity contribution in [3.05, 3.63) is 352 Å². The van der Waals surface area contributed by atoms with Gasteiger partial charge in [-0.1, -0.05) is 194 Å². The minimum atomic E-state index is -0.260. The molecule has 0 N–H and O–H groups in total. The van der Waals surface area contributed by atoms with Crippen LogP contribution < -0.4 is 66.9 Å². The molecular weight excluding hydrogens is 1130 g/mol. The molecule has 4 heterocycles. The Kier molecular flexibility index (Phi) is 13.0. The molecule has 4 aliphatic rings. The largest absolute Gasteiger partial charge is 0.458 e. The van der Waals surface area contributed by atoms with Gasteiger partial charge in [-0.3, -0.25) is 0 Å². The summed E-state index contributed by atoms with van der Waals surface area (Å²) in [6, 6.07) is 128. The van der Waals surface area contributed by atoms with Gasteiger partial charge in [0.1, 0.15) is 11.5 Å². The minimum absolute atomic E-state index is 0.188. The van der Waals surface area contributed by atoms with Crippen LogP contribution >= 0.6 is 0 Å². The number of fused-ring (bicyclic) bond motifs is 8. The second-order valence-corrected chi connectivity index (χ2v) is 24.0. The predicted molar refractivity (Wildman–Crippen MR) is 390 cm³/mol. The monoisotopic (exact) mass is 1190 g/mol. The van der Waals surface area contributed by atoms with E-state index in [1.165, 1.54) is 21.9 Å². The van der Waals surface area contributed by atoms with Crippen LogP contribution in [-0.2, 0) is 0 Å². The lowest BCUT2D eigenvalue weighted by molar-refractivity contribution is 0.488. The van der Waals surface area contributed by atoms with Crippen molar-refractivity contribution in [2.45, 2.75) is 0 Å². The first-order valence-electron chi connectivity index (χ1n) is 31.9. The first kappa shape index (κ1) is 53.8. The molecule has 14 aromatic carbocycles. The van der Waals surface area contributed by atoms with E-state index in [1.54, 1.807) is 0 Å². The number of nitrogens with zero attached hydrogens (tertiary/aromatic N) is 6. The van der Waals surface area contributed by atoms with Crippen molar-refractivity contribution in [2.75, 3.05) is 29.4 Å². The van der Waals surface area contributed by atoms with Crippen LogP contribution in [0.25, 0.3) is 0 Å². The van der Waals surface area contributed by atoms with Gasteiger partial charge in [0.2, 0.25) is 0 Å². The highest BCUT2D eigenvalue weighted by Gasteiger charge is 2.48. The molecule has 0 saturated carbocycles. The summed E-state index contributed by atoms with van der Waals surface area (Å²) in [5, 5.41) is 0. The summed E-state index contributed by atoms with van der Waals surface area (Å²) in [6.07, 6.45) is 0. The van der Waals surface area contributed by atoms with Crippen LogP contribution in [0.5, 0.6) is 11.5 Å². The Bertz CT molecular complexity index is 4980. The molecule has 4 aliphatic heterocycles. The smallest absolute Gasteiger partial charge is 0.256 e. The topological polar surface area (TPSA) is 28.7 Å². The molecule has 0 radical (unpaired) electrons. The molecule has 0 unspecified atom stereocenters. The lowest BCUT2D eigenvalue weighted by Crippen LogP contribution is -2.64. The Morgan fingerprint density at radius 2 is 0.527 bits per heavy atom. The average molecular weight is 1190 g/mol. The fourth-order valence-electron chi connectivity index (χ4n) is 14.9. The molecule has 93 heavy (non-hydrogen) atoms. The standard InChI is InChI=1S/C84H58B2N6O/c1-10-30-59(31-11-1)87(60-32-12-2-13-33-60)68-50-51-72-76(52-68)91(66-44-24-8-25-45-66)80-55-70(89(63-38-18-5-19-39-63)64-40-20-6-21-41-64)56-82-84(80)86(72)74-57-73-77(58-81(74)93-82)92(67-46-26-9-27-47-67)79-54-69(88(61-34-14-3-15-35-61)62-36-16-4-17-37-62)53-78-83(79)85(73)71-48-28-29-49-75(71)90(78)65-42-22-7-23-43-65/h1-58H. The maximum absolute atomic E-state index is 7.83. The van der Waals surface area contributed by atoms with Crippen LogP contribution in [0.2, 0.25) is 0 Å². The molecule has 0 spiro atoms. The molecule has 0 aromatic heterocycles. The maximum Gasteiger partial charge on any atom is 0.256 e. The van der Waals surface area contributed by atoms with Crippen molar-refractivity contribution in [1.82, 2.24) is 0 Å². The van der Waals surface area contributed by atoms with E-state index in [1.807, 2.05) is 0 Å². The van der Waals surface area contributed by atoms with Crippen LogP contribution in [0.15, 0.2) is 352 Å². The highest BCUT2D eigenvalue weighted by Crippen LogP contribution is 2.52. The Morgan fingerprint density at radius 3 is 0.968 bits per heavy atom. The summed E-state index contributed by atoms with van der Waals surface area (Å²) >= 11 is 0. The predicted octanol–water partition coefficient (Wildman–Crippen LogP) is 18.6. The van der Waals surface area contributed by atoms with Gasteiger partial charge in [-0.25, -0.2) is 0 Å². The van der Waals surface area contributed by atoms with E-state index < -0.39 is 0 Å². The second-order valence-electron chi connectivity index (χ2n) is 24.0. The van der Waals surface area contributed by atoms with E-state index in [9.17, 15) is 0 Å². The van der Waals surface area contributed by atoms with Gasteiger partial charge in [-0.05, 0) is 178 Å². The molecule has 14 aromatic rings. The Morgan fingerprint density at radius 1 is 0.204 bits per heavy atom. The third kappa shape index (κ3) is 8.99. The quantitative estimate of drug-likeness (QED) is 0.113. The van der Waals surface area contributed by atoms with Crippen molar-refractivity contribution < 1.29 is 4.74 Å². The summed E-state index contributed by atoms with van der Waals surface area (Å²) in [5.41, 5.74) is 26.2. The number of benzene rings is 14. The zero-order valence-corrected chi connectivity index (χ0v) is 50.7. The SMILES string of the molecule is c1ccc(N(c2ccccc2)c2ccc3c(c2)N(c2ccccc2)c2cc(N(c4ccccc4)c4ccccc4)cc4c2B3c2cc3c(cc2O4)N(c2ccccc2)c2cc(N(c4ccccc4)c4ccccc4)cc4c2B3c2ccccc2N4c2ccccc2)cc1. The first-order chi connectivity index (χ1) is 46.2. The highest BCUT2D eigenvalue weighted by molar-refractivity contribution is 7.02. The molecule has 0 aliphatic carbocycles. The summed E-state index contributed by atoms with van der Waals surface area (Å²) in [5.74, 6) is 1.61. The number of para-hydroxylation sites is 10. The van der Waals surface area contributed by atoms with Gasteiger partial charge in [0.25, 0.3) is 13.4 Å². The summed E-state index contributed by atoms with van der Waals surface area (Å²) in [7, 11) is 0. The average Bonchev–Trinajstić information content (AvgIpc) is 0.696. The van der Waals surface area contributed by atoms with E-state index in [2.05, 4.69) is 381 Å². The summed E-state index contributed by atoms with van der Waals surface area (Å²) < 4.78 is 7.83. The summed E-state index contributed by atoms with van der Waals surface area (Å²) in [4.78, 5) is 14.6. The Balaban J connectivity index is 0.928. The molecule has 0 amide bonds. The molecule has 18 rings (SSSR count). The molecule has 436 valence electrons. The highest BCUT2D eigenvalue weighted by atomic mass is 16.5. The molecular formula is C84H58B2N6O. The van der Waals surface area contributed by atoms with Crippen LogP contribution in [0.1, 0.15) is 0 Å². The van der Waals surface area contributed by atoms with E-state index >= 15 is 0 Å². The van der Waals surface area contributed by atoms with Crippen molar-refractivity contribution in [2.24, 2.45) is 0 Å². The fraction of sp³-hybridized carbons (Fsp3) is 0. The normalized spacial score (nSPS) is 12.7. The van der Waals surface area contributed by atoms with E-state index in [0.29, 0.717) is 0 Å². The van der Waals surface area contributed by atoms with Gasteiger partial charge >= 0.3 is 0 Å². The lowest BCUT2D eigenvalue weighted by Gasteiger charge is -2.46. The number of hydrogen-bond donors (Lipinski definition) is 0.